The number of aromatic hydroxyl groups is 1. The Labute approximate surface area is 372 Å². The van der Waals surface area contributed by atoms with Gasteiger partial charge in [-0.25, -0.2) is 0 Å². The summed E-state index contributed by atoms with van der Waals surface area (Å²) in [6.45, 7) is 0.268. The topological polar surface area (TPSA) is 423 Å². The van der Waals surface area contributed by atoms with Crippen LogP contribution in [0.1, 0.15) is 57.9 Å². The molecule has 0 spiro atoms. The molecular formula is C39H58N12O14. The zero-order valence-electron chi connectivity index (χ0n) is 36.1. The minimum Gasteiger partial charge on any atom is -0.508 e. The van der Waals surface area contributed by atoms with E-state index >= 15 is 0 Å². The highest BCUT2D eigenvalue weighted by Crippen LogP contribution is 2.14. The zero-order chi connectivity index (χ0) is 49.0. The number of rotatable bonds is 17. The van der Waals surface area contributed by atoms with Gasteiger partial charge in [0.2, 0.25) is 70.9 Å². The average molecular weight is 919 g/mol. The molecule has 1 aromatic carbocycles. The molecule has 0 aliphatic carbocycles. The van der Waals surface area contributed by atoms with Gasteiger partial charge in [0, 0.05) is 26.3 Å². The predicted molar refractivity (Wildman–Crippen MR) is 224 cm³/mol. The summed E-state index contributed by atoms with van der Waals surface area (Å²) >= 11 is 0. The molecule has 2 rings (SSSR count). The van der Waals surface area contributed by atoms with Crippen molar-refractivity contribution in [3.05, 3.63) is 29.8 Å². The lowest BCUT2D eigenvalue weighted by Gasteiger charge is -2.29. The van der Waals surface area contributed by atoms with Crippen LogP contribution in [-0.4, -0.2) is 156 Å². The van der Waals surface area contributed by atoms with E-state index in [9.17, 15) is 67.7 Å². The standard InChI is InChI=1S/C39H58N12O14/c1-4-19(2)33-38(64)47-22(9-11-27(40)54)35(61)49-25(14-28(41)55)36(62)48-23(39(65)51(3)17-32(59)46-26(18-52)34(60)44-15-29(42)56)10-12-30(57)43-16-31(58)45-24(37(63)50-33)13-20-5-7-21(53)8-6-20/h5-8,19,22-26,33,52-53H,4,9-18H2,1-3H3,(H2,40,54)(H2,41,55)(H2,42,56)(H,43,57)(H,44,60)(H,45,58)(H,46,59)(H,47,64)(H,48,62)(H,49,61)(H,50,63)/t19?,22-,23-,24-,25-,26-,33?/m0/s1. The number of nitrogens with one attached hydrogen (secondary N) is 8. The van der Waals surface area contributed by atoms with Crippen LogP contribution in [0.2, 0.25) is 0 Å². The first kappa shape index (κ1) is 53.8. The van der Waals surface area contributed by atoms with E-state index in [1.54, 1.807) is 13.8 Å². The van der Waals surface area contributed by atoms with E-state index in [4.69, 9.17) is 17.2 Å². The summed E-state index contributed by atoms with van der Waals surface area (Å²) < 4.78 is 0. The number of carbonyl (C=O) groups excluding carboxylic acids is 12. The van der Waals surface area contributed by atoms with Crippen molar-refractivity contribution >= 4 is 70.9 Å². The lowest BCUT2D eigenvalue weighted by Crippen LogP contribution is -2.61. The molecule has 1 saturated heterocycles. The lowest BCUT2D eigenvalue weighted by atomic mass is 9.96. The number of nitrogens with two attached hydrogens (primary N) is 3. The Hall–Kier alpha value is -7.38. The van der Waals surface area contributed by atoms with Crippen LogP contribution in [0, 0.1) is 5.92 Å². The van der Waals surface area contributed by atoms with E-state index in [-0.39, 0.29) is 12.2 Å². The molecule has 1 fully saturated rings. The number of hydrogen-bond acceptors (Lipinski definition) is 14. The normalized spacial score (nSPS) is 21.3. The van der Waals surface area contributed by atoms with Crippen LogP contribution in [0.25, 0.3) is 0 Å². The lowest BCUT2D eigenvalue weighted by molar-refractivity contribution is -0.140. The number of amides is 12. The van der Waals surface area contributed by atoms with Crippen LogP contribution in [-0.2, 0) is 64.0 Å². The highest BCUT2D eigenvalue weighted by Gasteiger charge is 2.36. The van der Waals surface area contributed by atoms with E-state index in [1.807, 2.05) is 0 Å². The monoisotopic (exact) mass is 918 g/mol. The van der Waals surface area contributed by atoms with Crippen molar-refractivity contribution in [2.24, 2.45) is 23.1 Å². The molecule has 1 aliphatic rings. The fourth-order valence-electron chi connectivity index (χ4n) is 6.14. The van der Waals surface area contributed by atoms with Crippen LogP contribution in [0.15, 0.2) is 24.3 Å². The summed E-state index contributed by atoms with van der Waals surface area (Å²) in [6.07, 6.45) is -2.75. The molecule has 12 amide bonds. The van der Waals surface area contributed by atoms with E-state index in [1.165, 1.54) is 24.3 Å². The third-order valence-corrected chi connectivity index (χ3v) is 9.92. The molecule has 1 aromatic rings. The molecule has 1 aliphatic heterocycles. The number of carbonyl (C=O) groups is 12. The number of likely N-dealkylation sites (N-methyl/N-ethyl adjacent to an activating group) is 1. The Balaban J connectivity index is 2.58. The van der Waals surface area contributed by atoms with E-state index in [2.05, 4.69) is 42.5 Å². The predicted octanol–water partition coefficient (Wildman–Crippen LogP) is -7.01. The Bertz CT molecular complexity index is 1950. The van der Waals surface area contributed by atoms with E-state index in [0.717, 1.165) is 11.9 Å². The first-order valence-corrected chi connectivity index (χ1v) is 20.4. The second kappa shape index (κ2) is 26.3. The Kier molecular flexibility index (Phi) is 21.7. The number of nitrogens with zero attached hydrogens (tertiary/aromatic N) is 1. The van der Waals surface area contributed by atoms with Crippen LogP contribution in [0.4, 0.5) is 0 Å². The Morgan fingerprint density at radius 2 is 1.42 bits per heavy atom. The minimum atomic E-state index is -1.85. The van der Waals surface area contributed by atoms with Gasteiger partial charge in [-0.15, -0.1) is 0 Å². The molecule has 1 heterocycles. The van der Waals surface area contributed by atoms with Crippen molar-refractivity contribution in [1.29, 1.82) is 0 Å². The number of phenolic OH excluding ortho intramolecular Hbond substituents is 1. The smallest absolute Gasteiger partial charge is 0.245 e. The zero-order valence-corrected chi connectivity index (χ0v) is 36.1. The average Bonchev–Trinajstić information content (AvgIpc) is 3.24. The van der Waals surface area contributed by atoms with Gasteiger partial charge in [-0.3, -0.25) is 57.5 Å². The van der Waals surface area contributed by atoms with Gasteiger partial charge < -0.3 is 74.8 Å². The highest BCUT2D eigenvalue weighted by molar-refractivity contribution is 5.99. The van der Waals surface area contributed by atoms with Gasteiger partial charge in [0.05, 0.1) is 32.7 Å². The van der Waals surface area contributed by atoms with Gasteiger partial charge in [-0.1, -0.05) is 32.4 Å². The molecule has 65 heavy (non-hydrogen) atoms. The fourth-order valence-corrected chi connectivity index (χ4v) is 6.14. The maximum absolute atomic E-state index is 13.9. The molecule has 16 N–H and O–H groups in total. The van der Waals surface area contributed by atoms with Gasteiger partial charge in [0.1, 0.15) is 42.0 Å². The number of phenols is 1. The number of benzene rings is 1. The third kappa shape index (κ3) is 18.9. The fraction of sp³-hybridized carbons (Fsp3) is 0.538. The highest BCUT2D eigenvalue weighted by atomic mass is 16.3. The van der Waals surface area contributed by atoms with Gasteiger partial charge in [-0.2, -0.15) is 0 Å². The van der Waals surface area contributed by atoms with Crippen molar-refractivity contribution in [3.63, 3.8) is 0 Å². The molecule has 0 saturated carbocycles. The van der Waals surface area contributed by atoms with Crippen molar-refractivity contribution in [2.45, 2.75) is 95.0 Å². The maximum atomic E-state index is 13.9. The first-order valence-electron chi connectivity index (χ1n) is 20.4. The van der Waals surface area contributed by atoms with Gasteiger partial charge >= 0.3 is 0 Å². The summed E-state index contributed by atoms with van der Waals surface area (Å²) in [7, 11) is 1.10. The van der Waals surface area contributed by atoms with Crippen LogP contribution in [0.5, 0.6) is 5.75 Å². The summed E-state index contributed by atoms with van der Waals surface area (Å²) in [5, 5.41) is 38.1. The summed E-state index contributed by atoms with van der Waals surface area (Å²) in [5.41, 5.74) is 16.2. The molecule has 358 valence electrons. The van der Waals surface area contributed by atoms with Gasteiger partial charge in [-0.05, 0) is 36.5 Å². The molecule has 26 heteroatoms. The van der Waals surface area contributed by atoms with Crippen LogP contribution in [0.3, 0.4) is 0 Å². The summed E-state index contributed by atoms with van der Waals surface area (Å²) in [4.78, 5) is 157. The Morgan fingerprint density at radius 3 is 2.00 bits per heavy atom. The van der Waals surface area contributed by atoms with Crippen LogP contribution >= 0.6 is 0 Å². The molecular weight excluding hydrogens is 860 g/mol. The molecule has 0 aromatic heterocycles. The summed E-state index contributed by atoms with van der Waals surface area (Å²) in [6, 6.07) is -3.85. The number of primary amides is 3. The van der Waals surface area contributed by atoms with Gasteiger partial charge in [0.25, 0.3) is 0 Å². The number of aliphatic hydroxyl groups is 1. The first-order chi connectivity index (χ1) is 30.5. The van der Waals surface area contributed by atoms with Gasteiger partial charge in [0.15, 0.2) is 0 Å². The second-order valence-corrected chi connectivity index (χ2v) is 15.2. The molecule has 0 radical (unpaired) electrons. The molecule has 26 nitrogen and oxygen atoms in total. The van der Waals surface area contributed by atoms with E-state index < -0.39 is 171 Å². The van der Waals surface area contributed by atoms with E-state index in [0.29, 0.717) is 12.0 Å². The number of aliphatic hydroxyl groups excluding tert-OH is 1. The quantitative estimate of drug-likeness (QED) is 0.0691. The largest absolute Gasteiger partial charge is 0.508 e. The minimum absolute atomic E-state index is 0.0805. The van der Waals surface area contributed by atoms with Crippen LogP contribution < -0.4 is 59.7 Å². The SMILES string of the molecule is CCC(C)C1NC(=O)[C@H](Cc2ccc(O)cc2)NC(=O)CNC(=O)CC[C@@H](C(=O)N(C)CC(=O)N[C@@H](CO)C(=O)NCC(N)=O)NC(=O)[C@H](CC(N)=O)NC(=O)[C@H](CCC(N)=O)NC1=O. The van der Waals surface area contributed by atoms with Crippen molar-refractivity contribution in [3.8, 4) is 5.75 Å². The van der Waals surface area contributed by atoms with Crippen molar-refractivity contribution < 1.29 is 67.7 Å². The molecule has 2 unspecified atom stereocenters. The maximum Gasteiger partial charge on any atom is 0.245 e. The second-order valence-electron chi connectivity index (χ2n) is 15.2. The third-order valence-electron chi connectivity index (χ3n) is 9.92. The summed E-state index contributed by atoms with van der Waals surface area (Å²) in [5.74, 6) is -12.5. The molecule has 0 bridgehead atoms. The number of hydrogen-bond donors (Lipinski definition) is 13. The van der Waals surface area contributed by atoms with Crippen molar-refractivity contribution in [2.75, 3.05) is 33.3 Å². The van der Waals surface area contributed by atoms with Crippen molar-refractivity contribution in [1.82, 2.24) is 47.4 Å². The Morgan fingerprint density at radius 1 is 0.800 bits per heavy atom. The molecule has 7 atom stereocenters.